The van der Waals surface area contributed by atoms with Gasteiger partial charge in [0.2, 0.25) is 0 Å². The molecular formula is C13H9Cl2IO. The topological polar surface area (TPSA) is 20.2 Å². The molecule has 0 radical (unpaired) electrons. The third-order valence-corrected chi connectivity index (χ3v) is 4.00. The monoisotopic (exact) mass is 378 g/mol. The van der Waals surface area contributed by atoms with Crippen molar-refractivity contribution in [2.75, 3.05) is 0 Å². The van der Waals surface area contributed by atoms with Gasteiger partial charge in [-0.15, -0.1) is 0 Å². The summed E-state index contributed by atoms with van der Waals surface area (Å²) in [4.78, 5) is 0. The Bertz CT molecular complexity index is 543. The highest BCUT2D eigenvalue weighted by molar-refractivity contribution is 14.1. The minimum atomic E-state index is -0.729. The van der Waals surface area contributed by atoms with E-state index in [4.69, 9.17) is 23.2 Å². The smallest absolute Gasteiger partial charge is 0.107 e. The molecule has 1 atom stereocenters. The van der Waals surface area contributed by atoms with Crippen LogP contribution in [0.5, 0.6) is 0 Å². The molecule has 0 aliphatic carbocycles. The van der Waals surface area contributed by atoms with Gasteiger partial charge in [0.1, 0.15) is 6.10 Å². The molecule has 0 spiro atoms. The third-order valence-electron chi connectivity index (χ3n) is 2.46. The molecule has 88 valence electrons. The molecule has 4 heteroatoms. The molecule has 0 aliphatic rings. The van der Waals surface area contributed by atoms with Crippen LogP contribution in [-0.4, -0.2) is 5.11 Å². The number of aliphatic hydroxyl groups is 1. The molecular weight excluding hydrogens is 370 g/mol. The predicted octanol–water partition coefficient (Wildman–Crippen LogP) is 4.68. The molecule has 0 heterocycles. The van der Waals surface area contributed by atoms with E-state index in [9.17, 15) is 5.11 Å². The molecule has 2 aromatic rings. The fourth-order valence-electron chi connectivity index (χ4n) is 1.59. The van der Waals surface area contributed by atoms with Gasteiger partial charge in [-0.05, 0) is 46.4 Å². The summed E-state index contributed by atoms with van der Waals surface area (Å²) in [6, 6.07) is 12.8. The summed E-state index contributed by atoms with van der Waals surface area (Å²) < 4.78 is 1.00. The highest BCUT2D eigenvalue weighted by atomic mass is 127. The van der Waals surface area contributed by atoms with Crippen molar-refractivity contribution in [3.8, 4) is 0 Å². The number of hydrogen-bond donors (Lipinski definition) is 1. The summed E-state index contributed by atoms with van der Waals surface area (Å²) in [6.07, 6.45) is -0.729. The maximum absolute atomic E-state index is 10.3. The number of aliphatic hydroxyl groups excluding tert-OH is 1. The Balaban J connectivity index is 2.44. The van der Waals surface area contributed by atoms with E-state index >= 15 is 0 Å². The summed E-state index contributed by atoms with van der Waals surface area (Å²) in [5.41, 5.74) is 1.51. The van der Waals surface area contributed by atoms with Gasteiger partial charge in [-0.3, -0.25) is 0 Å². The van der Waals surface area contributed by atoms with Gasteiger partial charge < -0.3 is 5.11 Å². The minimum absolute atomic E-state index is 0.477. The first-order valence-electron chi connectivity index (χ1n) is 4.97. The quantitative estimate of drug-likeness (QED) is 0.752. The van der Waals surface area contributed by atoms with Crippen molar-refractivity contribution in [3.05, 3.63) is 67.2 Å². The molecule has 0 bridgehead atoms. The molecule has 0 fully saturated rings. The van der Waals surface area contributed by atoms with Crippen LogP contribution < -0.4 is 0 Å². The molecule has 0 saturated carbocycles. The Hall–Kier alpha value is -0.290. The van der Waals surface area contributed by atoms with Crippen LogP contribution in [0, 0.1) is 3.57 Å². The van der Waals surface area contributed by atoms with Crippen LogP contribution in [0.25, 0.3) is 0 Å². The van der Waals surface area contributed by atoms with Crippen molar-refractivity contribution in [1.82, 2.24) is 0 Å². The van der Waals surface area contributed by atoms with Crippen LogP contribution >= 0.6 is 45.8 Å². The van der Waals surface area contributed by atoms with Gasteiger partial charge in [-0.1, -0.05) is 47.5 Å². The van der Waals surface area contributed by atoms with Gasteiger partial charge >= 0.3 is 0 Å². The van der Waals surface area contributed by atoms with Crippen LogP contribution in [0.15, 0.2) is 42.5 Å². The lowest BCUT2D eigenvalue weighted by atomic mass is 10.0. The van der Waals surface area contributed by atoms with Crippen molar-refractivity contribution in [3.63, 3.8) is 0 Å². The SMILES string of the molecule is OC(c1ccc(Cl)cc1Cl)c1ccccc1I. The lowest BCUT2D eigenvalue weighted by molar-refractivity contribution is 0.219. The highest BCUT2D eigenvalue weighted by Gasteiger charge is 2.16. The molecule has 0 aromatic heterocycles. The van der Waals surface area contributed by atoms with Crippen molar-refractivity contribution in [2.24, 2.45) is 0 Å². The van der Waals surface area contributed by atoms with E-state index in [1.165, 1.54) is 0 Å². The third kappa shape index (κ3) is 2.94. The van der Waals surface area contributed by atoms with Crippen LogP contribution in [0.2, 0.25) is 10.0 Å². The van der Waals surface area contributed by atoms with Crippen LogP contribution in [0.3, 0.4) is 0 Å². The summed E-state index contributed by atoms with van der Waals surface area (Å²) in [6.45, 7) is 0. The van der Waals surface area contributed by atoms with E-state index in [1.807, 2.05) is 24.3 Å². The largest absolute Gasteiger partial charge is 0.384 e. The molecule has 2 rings (SSSR count). The summed E-state index contributed by atoms with van der Waals surface area (Å²) >= 11 is 14.1. The van der Waals surface area contributed by atoms with Gasteiger partial charge in [0.05, 0.1) is 0 Å². The highest BCUT2D eigenvalue weighted by Crippen LogP contribution is 2.32. The zero-order chi connectivity index (χ0) is 12.4. The Kier molecular flexibility index (Phi) is 4.31. The fraction of sp³-hybridized carbons (Fsp3) is 0.0769. The second-order valence-electron chi connectivity index (χ2n) is 3.59. The maximum Gasteiger partial charge on any atom is 0.107 e. The first-order valence-corrected chi connectivity index (χ1v) is 6.80. The van der Waals surface area contributed by atoms with Crippen molar-refractivity contribution >= 4 is 45.8 Å². The second-order valence-corrected chi connectivity index (χ2v) is 5.60. The first kappa shape index (κ1) is 13.1. The van der Waals surface area contributed by atoms with E-state index in [1.54, 1.807) is 18.2 Å². The predicted molar refractivity (Wildman–Crippen MR) is 79.7 cm³/mol. The van der Waals surface area contributed by atoms with Crippen LogP contribution in [-0.2, 0) is 0 Å². The first-order chi connectivity index (χ1) is 8.09. The lowest BCUT2D eigenvalue weighted by Gasteiger charge is -2.14. The molecule has 2 aromatic carbocycles. The van der Waals surface area contributed by atoms with E-state index in [0.29, 0.717) is 15.6 Å². The number of rotatable bonds is 2. The Morgan fingerprint density at radius 2 is 1.71 bits per heavy atom. The number of benzene rings is 2. The maximum atomic E-state index is 10.3. The molecule has 0 saturated heterocycles. The van der Waals surface area contributed by atoms with E-state index in [0.717, 1.165) is 9.13 Å². The van der Waals surface area contributed by atoms with Crippen molar-refractivity contribution < 1.29 is 5.11 Å². The molecule has 0 amide bonds. The lowest BCUT2D eigenvalue weighted by Crippen LogP contribution is -2.02. The van der Waals surface area contributed by atoms with Gasteiger partial charge in [-0.2, -0.15) is 0 Å². The standard InChI is InChI=1S/C13H9Cl2IO/c14-8-5-6-9(11(15)7-8)13(17)10-3-1-2-4-12(10)16/h1-7,13,17H. The van der Waals surface area contributed by atoms with Crippen LogP contribution in [0.4, 0.5) is 0 Å². The van der Waals surface area contributed by atoms with Crippen molar-refractivity contribution in [1.29, 1.82) is 0 Å². The average Bonchev–Trinajstić information content (AvgIpc) is 2.29. The normalized spacial score (nSPS) is 12.5. The van der Waals surface area contributed by atoms with Crippen LogP contribution in [0.1, 0.15) is 17.2 Å². The zero-order valence-corrected chi connectivity index (χ0v) is 12.4. The Morgan fingerprint density at radius 3 is 2.35 bits per heavy atom. The minimum Gasteiger partial charge on any atom is -0.384 e. The number of halogens is 3. The second kappa shape index (κ2) is 5.57. The van der Waals surface area contributed by atoms with Gasteiger partial charge in [-0.25, -0.2) is 0 Å². The zero-order valence-electron chi connectivity index (χ0n) is 8.70. The van der Waals surface area contributed by atoms with Crippen molar-refractivity contribution in [2.45, 2.75) is 6.10 Å². The van der Waals surface area contributed by atoms with E-state index in [-0.39, 0.29) is 0 Å². The molecule has 1 nitrogen and oxygen atoms in total. The molecule has 0 aliphatic heterocycles. The molecule has 1 unspecified atom stereocenters. The molecule has 1 N–H and O–H groups in total. The Morgan fingerprint density at radius 1 is 1.00 bits per heavy atom. The van der Waals surface area contributed by atoms with E-state index < -0.39 is 6.10 Å². The fourth-order valence-corrected chi connectivity index (χ4v) is 2.78. The summed E-state index contributed by atoms with van der Waals surface area (Å²) in [7, 11) is 0. The van der Waals surface area contributed by atoms with Gasteiger partial charge in [0.25, 0.3) is 0 Å². The number of hydrogen-bond acceptors (Lipinski definition) is 1. The summed E-state index contributed by atoms with van der Waals surface area (Å²) in [5, 5.41) is 11.4. The Labute approximate surface area is 124 Å². The van der Waals surface area contributed by atoms with Gasteiger partial charge in [0.15, 0.2) is 0 Å². The van der Waals surface area contributed by atoms with Gasteiger partial charge in [0, 0.05) is 19.2 Å². The summed E-state index contributed by atoms with van der Waals surface area (Å²) in [5.74, 6) is 0. The van der Waals surface area contributed by atoms with E-state index in [2.05, 4.69) is 22.6 Å². The molecule has 17 heavy (non-hydrogen) atoms. The average molecular weight is 379 g/mol.